The van der Waals surface area contributed by atoms with Gasteiger partial charge in [0, 0.05) is 6.54 Å². The predicted molar refractivity (Wildman–Crippen MR) is 53.2 cm³/mol. The Bertz CT molecular complexity index is 408. The van der Waals surface area contributed by atoms with Gasteiger partial charge in [0.25, 0.3) is 6.43 Å². The third-order valence-electron chi connectivity index (χ3n) is 2.16. The molecule has 16 heavy (non-hydrogen) atoms. The van der Waals surface area contributed by atoms with Crippen molar-refractivity contribution in [3.8, 4) is 0 Å². The Morgan fingerprint density at radius 1 is 1.62 bits per heavy atom. The number of aliphatic carboxylic acids is 1. The second-order valence-electron chi connectivity index (χ2n) is 3.37. The van der Waals surface area contributed by atoms with Crippen molar-refractivity contribution in [3.63, 3.8) is 0 Å². The number of halogens is 2. The summed E-state index contributed by atoms with van der Waals surface area (Å²) < 4.78 is 25.0. The number of alkyl halides is 2. The number of nitrogens with two attached hydrogens (primary N) is 1. The van der Waals surface area contributed by atoms with Crippen LogP contribution in [0.1, 0.15) is 28.9 Å². The first-order valence-electron chi connectivity index (χ1n) is 4.65. The maximum absolute atomic E-state index is 12.5. The van der Waals surface area contributed by atoms with Crippen LogP contribution in [0, 0.1) is 6.92 Å². The summed E-state index contributed by atoms with van der Waals surface area (Å²) in [5.74, 6) is -1.04. The Morgan fingerprint density at radius 2 is 2.25 bits per heavy atom. The van der Waals surface area contributed by atoms with Gasteiger partial charge in [-0.25, -0.2) is 13.8 Å². The van der Waals surface area contributed by atoms with E-state index in [1.807, 2.05) is 0 Å². The molecule has 0 aliphatic rings. The molecular weight excluding hydrogens is 218 g/mol. The topological polar surface area (TPSA) is 76.2 Å². The number of rotatable bonds is 4. The van der Waals surface area contributed by atoms with Crippen molar-refractivity contribution in [1.29, 1.82) is 0 Å². The van der Waals surface area contributed by atoms with Gasteiger partial charge in [0.2, 0.25) is 0 Å². The first kappa shape index (κ1) is 12.5. The molecule has 0 saturated carbocycles. The lowest BCUT2D eigenvalue weighted by atomic mass is 10.1. The third-order valence-corrected chi connectivity index (χ3v) is 2.16. The molecule has 0 aliphatic heterocycles. The fourth-order valence-electron chi connectivity index (χ4n) is 1.44. The molecule has 0 aromatic carbocycles. The summed E-state index contributed by atoms with van der Waals surface area (Å²) in [4.78, 5) is 14.3. The van der Waals surface area contributed by atoms with Crippen molar-refractivity contribution < 1.29 is 18.7 Å². The van der Waals surface area contributed by atoms with Crippen molar-refractivity contribution in [2.24, 2.45) is 5.73 Å². The van der Waals surface area contributed by atoms with Crippen molar-refractivity contribution in [3.05, 3.63) is 28.6 Å². The number of aryl methyl sites for hydroxylation is 1. The summed E-state index contributed by atoms with van der Waals surface area (Å²) in [6.07, 6.45) is -2.94. The molecule has 0 unspecified atom stereocenters. The van der Waals surface area contributed by atoms with Gasteiger partial charge in [0.05, 0.1) is 12.1 Å². The molecule has 0 radical (unpaired) electrons. The summed E-state index contributed by atoms with van der Waals surface area (Å²) in [6.45, 7) is 1.42. The molecule has 1 heterocycles. The number of hydrogen-bond acceptors (Lipinski definition) is 3. The molecule has 1 aromatic rings. The highest BCUT2D eigenvalue weighted by Crippen LogP contribution is 2.22. The van der Waals surface area contributed by atoms with Gasteiger partial charge in [-0.1, -0.05) is 6.07 Å². The zero-order chi connectivity index (χ0) is 12.3. The highest BCUT2D eigenvalue weighted by Gasteiger charge is 2.16. The van der Waals surface area contributed by atoms with Crippen LogP contribution in [0.5, 0.6) is 0 Å². The lowest BCUT2D eigenvalue weighted by Gasteiger charge is -2.10. The van der Waals surface area contributed by atoms with Crippen LogP contribution in [0.3, 0.4) is 0 Å². The molecule has 0 amide bonds. The minimum atomic E-state index is -2.68. The number of hydrogen-bond donors (Lipinski definition) is 2. The van der Waals surface area contributed by atoms with E-state index in [2.05, 4.69) is 4.98 Å². The van der Waals surface area contributed by atoms with Crippen molar-refractivity contribution in [2.45, 2.75) is 26.3 Å². The second-order valence-corrected chi connectivity index (χ2v) is 3.37. The summed E-state index contributed by atoms with van der Waals surface area (Å²) in [6, 6.07) is 1.41. The molecule has 1 rings (SSSR count). The highest BCUT2D eigenvalue weighted by molar-refractivity contribution is 5.70. The molecule has 0 atom stereocenters. The summed E-state index contributed by atoms with van der Waals surface area (Å²) in [5, 5.41) is 8.64. The predicted octanol–water partition coefficient (Wildman–Crippen LogP) is 1.41. The second kappa shape index (κ2) is 4.98. The monoisotopic (exact) mass is 230 g/mol. The molecule has 4 nitrogen and oxygen atoms in total. The van der Waals surface area contributed by atoms with Crippen LogP contribution >= 0.6 is 0 Å². The number of aromatic nitrogens is 1. The molecule has 0 fully saturated rings. The fraction of sp³-hybridized carbons (Fsp3) is 0.400. The van der Waals surface area contributed by atoms with E-state index < -0.39 is 12.4 Å². The fourth-order valence-corrected chi connectivity index (χ4v) is 1.44. The van der Waals surface area contributed by atoms with Crippen LogP contribution in [0.25, 0.3) is 0 Å². The molecular formula is C10H12F2N2O2. The first-order chi connectivity index (χ1) is 7.45. The van der Waals surface area contributed by atoms with E-state index in [0.717, 1.165) is 0 Å². The van der Waals surface area contributed by atoms with E-state index in [1.165, 1.54) is 13.0 Å². The molecule has 88 valence electrons. The number of carboxylic acids is 1. The molecule has 0 bridgehead atoms. The van der Waals surface area contributed by atoms with Gasteiger partial charge >= 0.3 is 5.97 Å². The number of pyridine rings is 1. The Hall–Kier alpha value is -1.56. The van der Waals surface area contributed by atoms with Crippen molar-refractivity contribution >= 4 is 5.97 Å². The Labute approximate surface area is 91.1 Å². The molecule has 6 heteroatoms. The SMILES string of the molecule is Cc1cc(CC(=O)O)c(CN)nc1C(F)F. The quantitative estimate of drug-likeness (QED) is 0.820. The maximum Gasteiger partial charge on any atom is 0.307 e. The Balaban J connectivity index is 3.20. The standard InChI is InChI=1S/C10H12F2N2O2/c1-5-2-6(3-8(15)16)7(4-13)14-9(5)10(11)12/h2,10H,3-4,13H2,1H3,(H,15,16). The van der Waals surface area contributed by atoms with E-state index in [1.54, 1.807) is 0 Å². The van der Waals surface area contributed by atoms with Crippen LogP contribution in [0.4, 0.5) is 8.78 Å². The zero-order valence-corrected chi connectivity index (χ0v) is 8.70. The van der Waals surface area contributed by atoms with E-state index in [0.29, 0.717) is 5.56 Å². The molecule has 3 N–H and O–H groups in total. The first-order valence-corrected chi connectivity index (χ1v) is 4.65. The molecule has 0 aliphatic carbocycles. The Kier molecular flexibility index (Phi) is 3.89. The van der Waals surface area contributed by atoms with Gasteiger partial charge in [0.15, 0.2) is 0 Å². The molecule has 1 aromatic heterocycles. The number of carboxylic acid groups (broad SMARTS) is 1. The lowest BCUT2D eigenvalue weighted by Crippen LogP contribution is -2.12. The van der Waals surface area contributed by atoms with Crippen molar-refractivity contribution in [1.82, 2.24) is 4.98 Å². The van der Waals surface area contributed by atoms with Crippen LogP contribution in [0.15, 0.2) is 6.07 Å². The molecule has 0 saturated heterocycles. The van der Waals surface area contributed by atoms with Gasteiger partial charge in [-0.15, -0.1) is 0 Å². The Morgan fingerprint density at radius 3 is 2.69 bits per heavy atom. The van der Waals surface area contributed by atoms with E-state index in [9.17, 15) is 13.6 Å². The minimum Gasteiger partial charge on any atom is -0.481 e. The summed E-state index contributed by atoms with van der Waals surface area (Å²) in [7, 11) is 0. The van der Waals surface area contributed by atoms with Gasteiger partial charge in [0.1, 0.15) is 5.69 Å². The van der Waals surface area contributed by atoms with E-state index >= 15 is 0 Å². The average Bonchev–Trinajstić information content (AvgIpc) is 2.16. The average molecular weight is 230 g/mol. The number of carbonyl (C=O) groups is 1. The van der Waals surface area contributed by atoms with E-state index in [4.69, 9.17) is 10.8 Å². The normalized spacial score (nSPS) is 10.8. The summed E-state index contributed by atoms with van der Waals surface area (Å²) >= 11 is 0. The van der Waals surface area contributed by atoms with Gasteiger partial charge in [-0.2, -0.15) is 0 Å². The van der Waals surface area contributed by atoms with Crippen LogP contribution < -0.4 is 5.73 Å². The number of nitrogens with zero attached hydrogens (tertiary/aromatic N) is 1. The van der Waals surface area contributed by atoms with Gasteiger partial charge in [-0.05, 0) is 18.1 Å². The van der Waals surface area contributed by atoms with Gasteiger partial charge in [-0.3, -0.25) is 4.79 Å². The van der Waals surface area contributed by atoms with Crippen LogP contribution in [-0.2, 0) is 17.8 Å². The minimum absolute atomic E-state index is 0.0530. The largest absolute Gasteiger partial charge is 0.481 e. The van der Waals surface area contributed by atoms with Crippen LogP contribution in [-0.4, -0.2) is 16.1 Å². The third kappa shape index (κ3) is 2.73. The highest BCUT2D eigenvalue weighted by atomic mass is 19.3. The lowest BCUT2D eigenvalue weighted by molar-refractivity contribution is -0.136. The molecule has 0 spiro atoms. The van der Waals surface area contributed by atoms with Crippen LogP contribution in [0.2, 0.25) is 0 Å². The summed E-state index contributed by atoms with van der Waals surface area (Å²) in [5.41, 5.74) is 5.89. The van der Waals surface area contributed by atoms with E-state index in [-0.39, 0.29) is 29.9 Å². The van der Waals surface area contributed by atoms with Gasteiger partial charge < -0.3 is 10.8 Å². The zero-order valence-electron chi connectivity index (χ0n) is 8.70. The van der Waals surface area contributed by atoms with Crippen molar-refractivity contribution in [2.75, 3.05) is 0 Å². The maximum atomic E-state index is 12.5. The smallest absolute Gasteiger partial charge is 0.307 e.